The zero-order valence-corrected chi connectivity index (χ0v) is 14.5. The van der Waals surface area contributed by atoms with Gasteiger partial charge >= 0.3 is 0 Å². The molecule has 0 fully saturated rings. The second kappa shape index (κ2) is 9.08. The molecule has 2 aromatic rings. The molecule has 0 aliphatic heterocycles. The molecule has 24 heavy (non-hydrogen) atoms. The number of rotatable bonds is 8. The van der Waals surface area contributed by atoms with Gasteiger partial charge in [0.1, 0.15) is 11.9 Å². The fourth-order valence-electron chi connectivity index (χ4n) is 2.83. The Morgan fingerprint density at radius 1 is 1.04 bits per heavy atom. The highest BCUT2D eigenvalue weighted by molar-refractivity contribution is 5.83. The van der Waals surface area contributed by atoms with Crippen LogP contribution in [0.1, 0.15) is 36.5 Å². The summed E-state index contributed by atoms with van der Waals surface area (Å²) in [5, 5.41) is 3.01. The van der Waals surface area contributed by atoms with Gasteiger partial charge < -0.3 is 14.8 Å². The Kier molecular flexibility index (Phi) is 6.82. The van der Waals surface area contributed by atoms with Crippen LogP contribution in [0.3, 0.4) is 0 Å². The van der Waals surface area contributed by atoms with Gasteiger partial charge in [0.25, 0.3) is 0 Å². The quantitative estimate of drug-likeness (QED) is 0.804. The molecular formula is C20H25NO3. The summed E-state index contributed by atoms with van der Waals surface area (Å²) in [5.41, 5.74) is 1.96. The molecule has 4 nitrogen and oxygen atoms in total. The molecule has 0 saturated carbocycles. The van der Waals surface area contributed by atoms with E-state index in [0.717, 1.165) is 23.3 Å². The molecule has 2 rings (SSSR count). The number of methoxy groups -OCH3 is 2. The van der Waals surface area contributed by atoms with Crippen LogP contribution in [0.15, 0.2) is 54.6 Å². The second-order valence-corrected chi connectivity index (χ2v) is 5.58. The molecule has 0 saturated heterocycles. The largest absolute Gasteiger partial charge is 0.496 e. The molecule has 0 spiro atoms. The van der Waals surface area contributed by atoms with Crippen molar-refractivity contribution in [3.8, 4) is 5.75 Å². The number of benzene rings is 2. The third-order valence-corrected chi connectivity index (χ3v) is 4.16. The van der Waals surface area contributed by atoms with Crippen LogP contribution in [0.4, 0.5) is 0 Å². The van der Waals surface area contributed by atoms with Crippen LogP contribution >= 0.6 is 0 Å². The van der Waals surface area contributed by atoms with E-state index in [1.165, 1.54) is 0 Å². The average Bonchev–Trinajstić information content (AvgIpc) is 2.64. The van der Waals surface area contributed by atoms with E-state index in [1.807, 2.05) is 61.5 Å². The van der Waals surface area contributed by atoms with Crippen molar-refractivity contribution in [3.63, 3.8) is 0 Å². The van der Waals surface area contributed by atoms with E-state index in [9.17, 15) is 4.79 Å². The summed E-state index contributed by atoms with van der Waals surface area (Å²) in [7, 11) is 3.27. The fraction of sp³-hybridized carbons (Fsp3) is 0.350. The number of ether oxygens (including phenoxy) is 2. The van der Waals surface area contributed by atoms with Gasteiger partial charge in [-0.2, -0.15) is 0 Å². The molecule has 0 heterocycles. The minimum atomic E-state index is -0.252. The van der Waals surface area contributed by atoms with E-state index in [-0.39, 0.29) is 17.9 Å². The van der Waals surface area contributed by atoms with Gasteiger partial charge in [0, 0.05) is 19.2 Å². The summed E-state index contributed by atoms with van der Waals surface area (Å²) >= 11 is 0. The SMILES string of the molecule is CCC(C(=O)NCC(OC)c1ccccc1OC)c1ccccc1. The Balaban J connectivity index is 2.05. The summed E-state index contributed by atoms with van der Waals surface area (Å²) in [6.07, 6.45) is 0.501. The highest BCUT2D eigenvalue weighted by atomic mass is 16.5. The highest BCUT2D eigenvalue weighted by Crippen LogP contribution is 2.27. The first-order chi connectivity index (χ1) is 11.7. The Hall–Kier alpha value is -2.33. The molecule has 2 unspecified atom stereocenters. The predicted molar refractivity (Wildman–Crippen MR) is 95.2 cm³/mol. The Bertz CT molecular complexity index is 642. The van der Waals surface area contributed by atoms with Gasteiger partial charge in [-0.3, -0.25) is 4.79 Å². The van der Waals surface area contributed by atoms with E-state index < -0.39 is 0 Å². The lowest BCUT2D eigenvalue weighted by atomic mass is 9.95. The molecule has 1 N–H and O–H groups in total. The number of para-hydroxylation sites is 1. The molecule has 0 bridgehead atoms. The molecule has 0 radical (unpaired) electrons. The summed E-state index contributed by atoms with van der Waals surface area (Å²) in [4.78, 5) is 12.6. The van der Waals surface area contributed by atoms with Crippen molar-refractivity contribution >= 4 is 5.91 Å². The van der Waals surface area contributed by atoms with Gasteiger partial charge in [-0.25, -0.2) is 0 Å². The minimum absolute atomic E-state index is 0.0145. The lowest BCUT2D eigenvalue weighted by Crippen LogP contribution is -2.33. The normalized spacial score (nSPS) is 13.1. The zero-order valence-electron chi connectivity index (χ0n) is 14.5. The highest BCUT2D eigenvalue weighted by Gasteiger charge is 2.21. The summed E-state index contributed by atoms with van der Waals surface area (Å²) in [6.45, 7) is 2.42. The van der Waals surface area contributed by atoms with Gasteiger partial charge in [-0.15, -0.1) is 0 Å². The van der Waals surface area contributed by atoms with Crippen molar-refractivity contribution in [2.45, 2.75) is 25.4 Å². The van der Waals surface area contributed by atoms with Crippen LogP contribution in [0.5, 0.6) is 5.75 Å². The Morgan fingerprint density at radius 2 is 1.71 bits per heavy atom. The van der Waals surface area contributed by atoms with Crippen LogP contribution in [-0.2, 0) is 9.53 Å². The first kappa shape index (κ1) is 18.0. The van der Waals surface area contributed by atoms with Gasteiger partial charge in [0.05, 0.1) is 13.0 Å². The second-order valence-electron chi connectivity index (χ2n) is 5.58. The molecule has 0 aliphatic carbocycles. The van der Waals surface area contributed by atoms with Crippen LogP contribution < -0.4 is 10.1 Å². The van der Waals surface area contributed by atoms with E-state index >= 15 is 0 Å². The third-order valence-electron chi connectivity index (χ3n) is 4.16. The van der Waals surface area contributed by atoms with Gasteiger partial charge in [-0.05, 0) is 18.1 Å². The molecule has 4 heteroatoms. The Labute approximate surface area is 143 Å². The number of carbonyl (C=O) groups excluding carboxylic acids is 1. The van der Waals surface area contributed by atoms with Crippen molar-refractivity contribution in [2.75, 3.05) is 20.8 Å². The fourth-order valence-corrected chi connectivity index (χ4v) is 2.83. The summed E-state index contributed by atoms with van der Waals surface area (Å²) in [5.74, 6) is 0.621. The van der Waals surface area contributed by atoms with E-state index in [1.54, 1.807) is 14.2 Å². The maximum absolute atomic E-state index is 12.6. The lowest BCUT2D eigenvalue weighted by Gasteiger charge is -2.21. The van der Waals surface area contributed by atoms with Gasteiger partial charge in [0.15, 0.2) is 0 Å². The monoisotopic (exact) mass is 327 g/mol. The number of hydrogen-bond acceptors (Lipinski definition) is 3. The van der Waals surface area contributed by atoms with Crippen molar-refractivity contribution in [1.82, 2.24) is 5.32 Å². The summed E-state index contributed by atoms with van der Waals surface area (Å²) in [6, 6.07) is 17.5. The topological polar surface area (TPSA) is 47.6 Å². The molecule has 0 aromatic heterocycles. The molecule has 1 amide bonds. The van der Waals surface area contributed by atoms with Gasteiger partial charge in [0.2, 0.25) is 5.91 Å². The van der Waals surface area contributed by atoms with Crippen molar-refractivity contribution in [3.05, 3.63) is 65.7 Å². The first-order valence-electron chi connectivity index (χ1n) is 8.19. The molecular weight excluding hydrogens is 302 g/mol. The number of carbonyl (C=O) groups is 1. The number of amides is 1. The molecule has 128 valence electrons. The molecule has 2 aromatic carbocycles. The number of nitrogens with one attached hydrogen (secondary N) is 1. The molecule has 0 aliphatic rings. The smallest absolute Gasteiger partial charge is 0.227 e. The van der Waals surface area contributed by atoms with Crippen molar-refractivity contribution < 1.29 is 14.3 Å². The number of hydrogen-bond donors (Lipinski definition) is 1. The van der Waals surface area contributed by atoms with E-state index in [0.29, 0.717) is 6.54 Å². The minimum Gasteiger partial charge on any atom is -0.496 e. The van der Waals surface area contributed by atoms with E-state index in [4.69, 9.17) is 9.47 Å². The van der Waals surface area contributed by atoms with Crippen LogP contribution in [0, 0.1) is 0 Å². The third kappa shape index (κ3) is 4.36. The maximum Gasteiger partial charge on any atom is 0.227 e. The van der Waals surface area contributed by atoms with Crippen molar-refractivity contribution in [1.29, 1.82) is 0 Å². The van der Waals surface area contributed by atoms with Crippen molar-refractivity contribution in [2.24, 2.45) is 0 Å². The molecule has 2 atom stereocenters. The van der Waals surface area contributed by atoms with Crippen LogP contribution in [0.25, 0.3) is 0 Å². The first-order valence-corrected chi connectivity index (χ1v) is 8.19. The average molecular weight is 327 g/mol. The zero-order chi connectivity index (χ0) is 17.4. The van der Waals surface area contributed by atoms with Gasteiger partial charge in [-0.1, -0.05) is 55.5 Å². The maximum atomic E-state index is 12.6. The standard InChI is InChI=1S/C20H25NO3/c1-4-16(15-10-6-5-7-11-15)20(22)21-14-19(24-3)17-12-8-9-13-18(17)23-2/h5-13,16,19H,4,14H2,1-3H3,(H,21,22). The summed E-state index contributed by atoms with van der Waals surface area (Å²) < 4.78 is 10.9. The Morgan fingerprint density at radius 3 is 2.33 bits per heavy atom. The van der Waals surface area contributed by atoms with E-state index in [2.05, 4.69) is 5.32 Å². The van der Waals surface area contributed by atoms with Crippen LogP contribution in [-0.4, -0.2) is 26.7 Å². The lowest BCUT2D eigenvalue weighted by molar-refractivity contribution is -0.123. The predicted octanol–water partition coefficient (Wildman–Crippen LogP) is 3.69. The van der Waals surface area contributed by atoms with Crippen LogP contribution in [0.2, 0.25) is 0 Å².